The molecule has 68 valence electrons. The third kappa shape index (κ3) is 3.38. The van der Waals surface area contributed by atoms with E-state index in [1.165, 1.54) is 6.92 Å². The van der Waals surface area contributed by atoms with Crippen LogP contribution in [0.1, 0.15) is 33.6 Å². The number of carbonyl (C=O) groups is 1. The van der Waals surface area contributed by atoms with Gasteiger partial charge < -0.3 is 4.74 Å². The molecule has 0 saturated heterocycles. The van der Waals surface area contributed by atoms with Crippen LogP contribution in [0.5, 0.6) is 0 Å². The third-order valence-corrected chi connectivity index (χ3v) is 1.77. The standard InChI is InChI=1S/C9H15NO2/c1-4-8(6-10)9(5-2)12-7(3)11/h8-9H,4-5H2,1-3H3/t8-,9+/m1/s1. The molecule has 0 heterocycles. The lowest BCUT2D eigenvalue weighted by Gasteiger charge is -2.18. The summed E-state index contributed by atoms with van der Waals surface area (Å²) >= 11 is 0. The summed E-state index contributed by atoms with van der Waals surface area (Å²) in [7, 11) is 0. The predicted molar refractivity (Wildman–Crippen MR) is 45.2 cm³/mol. The molecule has 0 aliphatic carbocycles. The largest absolute Gasteiger partial charge is 0.461 e. The van der Waals surface area contributed by atoms with E-state index >= 15 is 0 Å². The van der Waals surface area contributed by atoms with Gasteiger partial charge in [0.1, 0.15) is 6.10 Å². The summed E-state index contributed by atoms with van der Waals surface area (Å²) in [5.41, 5.74) is 0. The Balaban J connectivity index is 4.13. The fourth-order valence-electron chi connectivity index (χ4n) is 1.10. The molecule has 0 aromatic heterocycles. The zero-order valence-corrected chi connectivity index (χ0v) is 7.83. The summed E-state index contributed by atoms with van der Waals surface area (Å²) in [6.45, 7) is 5.19. The number of nitriles is 1. The number of hydrogen-bond acceptors (Lipinski definition) is 3. The quantitative estimate of drug-likeness (QED) is 0.604. The topological polar surface area (TPSA) is 50.1 Å². The van der Waals surface area contributed by atoms with E-state index in [0.29, 0.717) is 6.42 Å². The second-order valence-electron chi connectivity index (χ2n) is 2.70. The molecule has 12 heavy (non-hydrogen) atoms. The van der Waals surface area contributed by atoms with Crippen LogP contribution in [0.3, 0.4) is 0 Å². The molecule has 3 heteroatoms. The average molecular weight is 169 g/mol. The van der Waals surface area contributed by atoms with Gasteiger partial charge in [0.25, 0.3) is 0 Å². The van der Waals surface area contributed by atoms with Crippen molar-refractivity contribution in [2.24, 2.45) is 5.92 Å². The minimum absolute atomic E-state index is 0.168. The molecule has 0 fully saturated rings. The van der Waals surface area contributed by atoms with Crippen LogP contribution in [0.4, 0.5) is 0 Å². The molecule has 0 radical (unpaired) electrons. The molecule has 0 aliphatic heterocycles. The summed E-state index contributed by atoms with van der Waals surface area (Å²) in [5.74, 6) is -0.477. The highest BCUT2D eigenvalue weighted by Crippen LogP contribution is 2.14. The molecule has 0 spiro atoms. The van der Waals surface area contributed by atoms with Crippen LogP contribution in [0.2, 0.25) is 0 Å². The van der Waals surface area contributed by atoms with Gasteiger partial charge in [-0.3, -0.25) is 4.79 Å². The second kappa shape index (κ2) is 5.59. The lowest BCUT2D eigenvalue weighted by Crippen LogP contribution is -2.23. The number of hydrogen-bond donors (Lipinski definition) is 0. The molecule has 2 atom stereocenters. The average Bonchev–Trinajstić information content (AvgIpc) is 2.04. The van der Waals surface area contributed by atoms with Crippen molar-refractivity contribution >= 4 is 5.97 Å². The second-order valence-corrected chi connectivity index (χ2v) is 2.70. The first-order valence-electron chi connectivity index (χ1n) is 4.22. The maximum absolute atomic E-state index is 10.6. The van der Waals surface area contributed by atoms with Gasteiger partial charge in [-0.2, -0.15) is 5.26 Å². The number of esters is 1. The Kier molecular flexibility index (Phi) is 5.11. The molecule has 0 aliphatic rings. The van der Waals surface area contributed by atoms with E-state index in [1.807, 2.05) is 13.8 Å². The SMILES string of the molecule is CC[C@H](OC(C)=O)[C@@H](C#N)CC. The van der Waals surface area contributed by atoms with Crippen LogP contribution in [-0.2, 0) is 9.53 Å². The molecule has 0 rings (SSSR count). The van der Waals surface area contributed by atoms with Crippen LogP contribution in [0, 0.1) is 17.2 Å². The number of rotatable bonds is 4. The first kappa shape index (κ1) is 11.0. The lowest BCUT2D eigenvalue weighted by atomic mass is 9.99. The minimum atomic E-state index is -0.310. The molecular weight excluding hydrogens is 154 g/mol. The van der Waals surface area contributed by atoms with Gasteiger partial charge in [-0.25, -0.2) is 0 Å². The minimum Gasteiger partial charge on any atom is -0.461 e. The van der Waals surface area contributed by atoms with E-state index in [2.05, 4.69) is 6.07 Å². The van der Waals surface area contributed by atoms with Gasteiger partial charge in [-0.1, -0.05) is 13.8 Å². The fourth-order valence-corrected chi connectivity index (χ4v) is 1.10. The van der Waals surface area contributed by atoms with Crippen molar-refractivity contribution in [1.82, 2.24) is 0 Å². The zero-order chi connectivity index (χ0) is 9.56. The Morgan fingerprint density at radius 1 is 1.50 bits per heavy atom. The van der Waals surface area contributed by atoms with Gasteiger partial charge >= 0.3 is 5.97 Å². The van der Waals surface area contributed by atoms with Crippen molar-refractivity contribution in [2.45, 2.75) is 39.7 Å². The van der Waals surface area contributed by atoms with Crippen LogP contribution < -0.4 is 0 Å². The highest BCUT2D eigenvalue weighted by molar-refractivity contribution is 5.66. The first-order chi connectivity index (χ1) is 5.65. The fraction of sp³-hybridized carbons (Fsp3) is 0.778. The lowest BCUT2D eigenvalue weighted by molar-refractivity contribution is -0.148. The van der Waals surface area contributed by atoms with Gasteiger partial charge in [0.2, 0.25) is 0 Å². The molecular formula is C9H15NO2. The summed E-state index contributed by atoms with van der Waals surface area (Å²) in [5, 5.41) is 8.70. The van der Waals surface area contributed by atoms with E-state index in [-0.39, 0.29) is 18.0 Å². The van der Waals surface area contributed by atoms with E-state index in [1.54, 1.807) is 0 Å². The Hall–Kier alpha value is -1.04. The normalized spacial score (nSPS) is 14.5. The Morgan fingerprint density at radius 3 is 2.33 bits per heavy atom. The van der Waals surface area contributed by atoms with E-state index in [9.17, 15) is 4.79 Å². The highest BCUT2D eigenvalue weighted by Gasteiger charge is 2.20. The van der Waals surface area contributed by atoms with Crippen molar-refractivity contribution in [3.05, 3.63) is 0 Å². The van der Waals surface area contributed by atoms with Gasteiger partial charge in [-0.15, -0.1) is 0 Å². The first-order valence-corrected chi connectivity index (χ1v) is 4.22. The highest BCUT2D eigenvalue weighted by atomic mass is 16.5. The van der Waals surface area contributed by atoms with Gasteiger partial charge in [0.15, 0.2) is 0 Å². The molecule has 0 aromatic carbocycles. The predicted octanol–water partition coefficient (Wildman–Crippen LogP) is 1.88. The Bertz CT molecular complexity index is 183. The molecule has 0 saturated carbocycles. The van der Waals surface area contributed by atoms with Crippen LogP contribution >= 0.6 is 0 Å². The van der Waals surface area contributed by atoms with Crippen LogP contribution in [-0.4, -0.2) is 12.1 Å². The Morgan fingerprint density at radius 2 is 2.08 bits per heavy atom. The molecule has 0 bridgehead atoms. The van der Waals surface area contributed by atoms with Gasteiger partial charge in [0, 0.05) is 6.92 Å². The monoisotopic (exact) mass is 169 g/mol. The number of carbonyl (C=O) groups excluding carboxylic acids is 1. The zero-order valence-electron chi connectivity index (χ0n) is 7.83. The Labute approximate surface area is 73.3 Å². The van der Waals surface area contributed by atoms with Crippen molar-refractivity contribution < 1.29 is 9.53 Å². The molecule has 0 unspecified atom stereocenters. The summed E-state index contributed by atoms with van der Waals surface area (Å²) < 4.78 is 4.98. The molecule has 0 aromatic rings. The van der Waals surface area contributed by atoms with Crippen molar-refractivity contribution in [2.75, 3.05) is 0 Å². The van der Waals surface area contributed by atoms with Crippen LogP contribution in [0.25, 0.3) is 0 Å². The van der Waals surface area contributed by atoms with Crippen molar-refractivity contribution in [1.29, 1.82) is 5.26 Å². The summed E-state index contributed by atoms with van der Waals surface area (Å²) in [6, 6.07) is 2.13. The molecule has 3 nitrogen and oxygen atoms in total. The van der Waals surface area contributed by atoms with E-state index in [4.69, 9.17) is 10.00 Å². The summed E-state index contributed by atoms with van der Waals surface area (Å²) in [4.78, 5) is 10.6. The smallest absolute Gasteiger partial charge is 0.302 e. The van der Waals surface area contributed by atoms with E-state index < -0.39 is 0 Å². The maximum Gasteiger partial charge on any atom is 0.302 e. The van der Waals surface area contributed by atoms with E-state index in [0.717, 1.165) is 6.42 Å². The van der Waals surface area contributed by atoms with Crippen LogP contribution in [0.15, 0.2) is 0 Å². The van der Waals surface area contributed by atoms with Gasteiger partial charge in [0.05, 0.1) is 12.0 Å². The van der Waals surface area contributed by atoms with Gasteiger partial charge in [-0.05, 0) is 12.8 Å². The third-order valence-electron chi connectivity index (χ3n) is 1.77. The number of nitrogens with zero attached hydrogens (tertiary/aromatic N) is 1. The number of ether oxygens (including phenoxy) is 1. The van der Waals surface area contributed by atoms with Crippen molar-refractivity contribution in [3.8, 4) is 6.07 Å². The molecule has 0 N–H and O–H groups in total. The maximum atomic E-state index is 10.6. The molecule has 0 amide bonds. The van der Waals surface area contributed by atoms with Crippen molar-refractivity contribution in [3.63, 3.8) is 0 Å². The summed E-state index contributed by atoms with van der Waals surface area (Å²) in [6.07, 6.45) is 1.19.